The van der Waals surface area contributed by atoms with Gasteiger partial charge in [-0.05, 0) is 17.7 Å². The molecule has 1 heterocycles. The van der Waals surface area contributed by atoms with Gasteiger partial charge in [-0.2, -0.15) is 0 Å². The van der Waals surface area contributed by atoms with Gasteiger partial charge in [0.15, 0.2) is 17.6 Å². The van der Waals surface area contributed by atoms with E-state index in [1.807, 2.05) is 30.3 Å². The van der Waals surface area contributed by atoms with Crippen molar-refractivity contribution in [3.63, 3.8) is 0 Å². The molecule has 0 saturated heterocycles. The van der Waals surface area contributed by atoms with Crippen LogP contribution in [0.2, 0.25) is 0 Å². The molecular formula is C18H15N3O2. The van der Waals surface area contributed by atoms with E-state index < -0.39 is 6.17 Å². The second-order valence-electron chi connectivity index (χ2n) is 5.22. The number of hydrogen-bond acceptors (Lipinski definition) is 4. The number of carbonyl (C=O) groups excluding carboxylic acids is 1. The molecule has 23 heavy (non-hydrogen) atoms. The van der Waals surface area contributed by atoms with E-state index in [4.69, 9.17) is 17.0 Å². The summed E-state index contributed by atoms with van der Waals surface area (Å²) < 4.78 is 5.39. The molecule has 1 unspecified atom stereocenters. The van der Waals surface area contributed by atoms with Crippen LogP contribution < -0.4 is 10.5 Å². The van der Waals surface area contributed by atoms with Crippen LogP contribution in [-0.4, -0.2) is 24.8 Å². The lowest BCUT2D eigenvalue weighted by molar-refractivity contribution is -0.119. The highest BCUT2D eigenvalue weighted by Crippen LogP contribution is 2.33. The SMILES string of the molecule is [C-]#[N+]c1cc(OC)c2c(c1)C(c1ccccc1)=NC(N)C(=O)C2. The third kappa shape index (κ3) is 2.72. The van der Waals surface area contributed by atoms with Gasteiger partial charge in [-0.1, -0.05) is 30.3 Å². The van der Waals surface area contributed by atoms with Crippen molar-refractivity contribution in [1.29, 1.82) is 0 Å². The van der Waals surface area contributed by atoms with E-state index >= 15 is 0 Å². The summed E-state index contributed by atoms with van der Waals surface area (Å²) in [5.41, 5.74) is 9.26. The minimum Gasteiger partial charge on any atom is -0.498 e. The number of ether oxygens (including phenoxy) is 1. The van der Waals surface area contributed by atoms with Gasteiger partial charge >= 0.3 is 0 Å². The molecule has 0 fully saturated rings. The Bertz CT molecular complexity index is 835. The first-order valence-electron chi connectivity index (χ1n) is 7.14. The van der Waals surface area contributed by atoms with Gasteiger partial charge in [-0.15, -0.1) is 0 Å². The van der Waals surface area contributed by atoms with E-state index in [1.54, 1.807) is 12.1 Å². The number of nitrogens with two attached hydrogens (primary N) is 1. The maximum Gasteiger partial charge on any atom is 0.191 e. The van der Waals surface area contributed by atoms with Crippen molar-refractivity contribution < 1.29 is 9.53 Å². The van der Waals surface area contributed by atoms with E-state index in [0.29, 0.717) is 17.1 Å². The number of fused-ring (bicyclic) bond motifs is 1. The summed E-state index contributed by atoms with van der Waals surface area (Å²) in [6, 6.07) is 12.9. The summed E-state index contributed by atoms with van der Waals surface area (Å²) in [7, 11) is 1.53. The monoisotopic (exact) mass is 305 g/mol. The van der Waals surface area contributed by atoms with Crippen LogP contribution in [0.25, 0.3) is 4.85 Å². The lowest BCUT2D eigenvalue weighted by Gasteiger charge is -2.14. The molecule has 3 rings (SSSR count). The van der Waals surface area contributed by atoms with Crippen molar-refractivity contribution in [2.24, 2.45) is 10.7 Å². The molecule has 2 aromatic carbocycles. The van der Waals surface area contributed by atoms with Crippen LogP contribution >= 0.6 is 0 Å². The first-order valence-corrected chi connectivity index (χ1v) is 7.14. The summed E-state index contributed by atoms with van der Waals surface area (Å²) in [5, 5.41) is 0. The zero-order chi connectivity index (χ0) is 16.4. The minimum atomic E-state index is -0.918. The Morgan fingerprint density at radius 2 is 2.04 bits per heavy atom. The standard InChI is InChI=1S/C18H15N3O2/c1-20-12-8-14-13(16(9-12)23-2)10-15(22)18(19)21-17(14)11-6-4-3-5-7-11/h3-9,18H,10,19H2,2H3. The summed E-state index contributed by atoms with van der Waals surface area (Å²) in [6.45, 7) is 7.28. The van der Waals surface area contributed by atoms with Crippen LogP contribution in [0, 0.1) is 6.57 Å². The highest BCUT2D eigenvalue weighted by atomic mass is 16.5. The Labute approximate surface area is 134 Å². The van der Waals surface area contributed by atoms with Crippen molar-refractivity contribution in [2.45, 2.75) is 12.6 Å². The summed E-state index contributed by atoms with van der Waals surface area (Å²) in [5.74, 6) is 0.339. The maximum absolute atomic E-state index is 12.2. The van der Waals surface area contributed by atoms with Crippen molar-refractivity contribution in [3.05, 3.63) is 70.6 Å². The zero-order valence-electron chi connectivity index (χ0n) is 12.6. The van der Waals surface area contributed by atoms with Crippen LogP contribution in [0.1, 0.15) is 16.7 Å². The predicted octanol–water partition coefficient (Wildman–Crippen LogP) is 2.49. The molecule has 1 aliphatic rings. The van der Waals surface area contributed by atoms with Crippen LogP contribution in [0.4, 0.5) is 5.69 Å². The second kappa shape index (κ2) is 6.03. The highest BCUT2D eigenvalue weighted by Gasteiger charge is 2.26. The predicted molar refractivity (Wildman–Crippen MR) is 88.0 cm³/mol. The molecule has 1 atom stereocenters. The Hall–Kier alpha value is -2.97. The first kappa shape index (κ1) is 14.9. The highest BCUT2D eigenvalue weighted by molar-refractivity contribution is 6.16. The Kier molecular flexibility index (Phi) is 3.92. The quantitative estimate of drug-likeness (QED) is 0.867. The Morgan fingerprint density at radius 3 is 2.70 bits per heavy atom. The van der Waals surface area contributed by atoms with Gasteiger partial charge in [0.05, 0.1) is 19.4 Å². The van der Waals surface area contributed by atoms with Gasteiger partial charge in [0, 0.05) is 17.5 Å². The van der Waals surface area contributed by atoms with E-state index in [1.165, 1.54) is 7.11 Å². The molecule has 0 saturated carbocycles. The molecule has 0 amide bonds. The topological polar surface area (TPSA) is 69.0 Å². The third-order valence-corrected chi connectivity index (χ3v) is 3.79. The number of aliphatic imine (C=N–C) groups is 1. The fourth-order valence-electron chi connectivity index (χ4n) is 2.66. The molecule has 0 bridgehead atoms. The Morgan fingerprint density at radius 1 is 1.30 bits per heavy atom. The molecule has 114 valence electrons. The van der Waals surface area contributed by atoms with Gasteiger partial charge in [0.25, 0.3) is 0 Å². The van der Waals surface area contributed by atoms with Crippen molar-refractivity contribution in [2.75, 3.05) is 7.11 Å². The van der Waals surface area contributed by atoms with Gasteiger partial charge in [-0.3, -0.25) is 9.79 Å². The van der Waals surface area contributed by atoms with Gasteiger partial charge in [-0.25, -0.2) is 4.85 Å². The van der Waals surface area contributed by atoms with E-state index in [0.717, 1.165) is 16.7 Å². The van der Waals surface area contributed by atoms with Gasteiger partial charge < -0.3 is 10.5 Å². The van der Waals surface area contributed by atoms with Crippen LogP contribution in [0.15, 0.2) is 47.5 Å². The Balaban J connectivity index is 2.31. The van der Waals surface area contributed by atoms with E-state index in [-0.39, 0.29) is 12.2 Å². The van der Waals surface area contributed by atoms with Crippen LogP contribution in [0.3, 0.4) is 0 Å². The second-order valence-corrected chi connectivity index (χ2v) is 5.22. The molecule has 5 nitrogen and oxygen atoms in total. The lowest BCUT2D eigenvalue weighted by atomic mass is 9.94. The van der Waals surface area contributed by atoms with Crippen molar-refractivity contribution in [1.82, 2.24) is 0 Å². The number of carbonyl (C=O) groups is 1. The third-order valence-electron chi connectivity index (χ3n) is 3.79. The largest absolute Gasteiger partial charge is 0.498 e. The minimum absolute atomic E-state index is 0.137. The number of methoxy groups -OCH3 is 1. The van der Waals surface area contributed by atoms with Crippen molar-refractivity contribution >= 4 is 17.2 Å². The number of Topliss-reactive ketones (excluding diaryl/α,β-unsaturated/α-hetero) is 1. The fraction of sp³-hybridized carbons (Fsp3) is 0.167. The normalized spacial score (nSPS) is 16.8. The molecule has 5 heteroatoms. The van der Waals surface area contributed by atoms with Gasteiger partial charge in [0.1, 0.15) is 5.75 Å². The van der Waals surface area contributed by atoms with E-state index in [2.05, 4.69) is 9.84 Å². The molecule has 2 N–H and O–H groups in total. The number of benzene rings is 2. The van der Waals surface area contributed by atoms with E-state index in [9.17, 15) is 4.79 Å². The summed E-state index contributed by atoms with van der Waals surface area (Å²) in [4.78, 5) is 20.1. The summed E-state index contributed by atoms with van der Waals surface area (Å²) >= 11 is 0. The average Bonchev–Trinajstić information content (AvgIpc) is 2.72. The molecule has 0 radical (unpaired) electrons. The number of nitrogens with zero attached hydrogens (tertiary/aromatic N) is 2. The maximum atomic E-state index is 12.2. The zero-order valence-corrected chi connectivity index (χ0v) is 12.6. The summed E-state index contributed by atoms with van der Waals surface area (Å²) in [6.07, 6.45) is -0.781. The number of ketones is 1. The fourth-order valence-corrected chi connectivity index (χ4v) is 2.66. The smallest absolute Gasteiger partial charge is 0.191 e. The molecular weight excluding hydrogens is 290 g/mol. The molecule has 2 aromatic rings. The molecule has 0 aliphatic carbocycles. The number of hydrogen-bond donors (Lipinski definition) is 1. The first-order chi connectivity index (χ1) is 11.1. The molecule has 1 aliphatic heterocycles. The van der Waals surface area contributed by atoms with Crippen LogP contribution in [-0.2, 0) is 11.2 Å². The molecule has 0 aromatic heterocycles. The average molecular weight is 305 g/mol. The van der Waals surface area contributed by atoms with Gasteiger partial charge in [0.2, 0.25) is 0 Å². The number of rotatable bonds is 2. The van der Waals surface area contributed by atoms with Crippen molar-refractivity contribution in [3.8, 4) is 5.75 Å². The molecule has 0 spiro atoms. The lowest BCUT2D eigenvalue weighted by Crippen LogP contribution is -2.29. The van der Waals surface area contributed by atoms with Crippen LogP contribution in [0.5, 0.6) is 5.75 Å².